The van der Waals surface area contributed by atoms with Crippen LogP contribution in [0.5, 0.6) is 0 Å². The zero-order chi connectivity index (χ0) is 15.0. The van der Waals surface area contributed by atoms with Gasteiger partial charge in [-0.2, -0.15) is 4.98 Å². The van der Waals surface area contributed by atoms with Crippen LogP contribution in [0.3, 0.4) is 0 Å². The van der Waals surface area contributed by atoms with Crippen LogP contribution >= 0.6 is 0 Å². The number of aromatic nitrogens is 2. The van der Waals surface area contributed by atoms with Crippen molar-refractivity contribution in [2.75, 3.05) is 19.6 Å². The number of nitrogens with zero attached hydrogens (tertiary/aromatic N) is 3. The fraction of sp³-hybridized carbons (Fsp3) is 0.786. The zero-order valence-corrected chi connectivity index (χ0v) is 12.8. The van der Waals surface area contributed by atoms with E-state index in [1.165, 1.54) is 0 Å². The lowest BCUT2D eigenvalue weighted by Gasteiger charge is -2.41. The molecule has 1 amide bonds. The summed E-state index contributed by atoms with van der Waals surface area (Å²) in [4.78, 5) is 18.5. The lowest BCUT2D eigenvalue weighted by atomic mass is 10.1. The highest BCUT2D eigenvalue weighted by Crippen LogP contribution is 2.24. The van der Waals surface area contributed by atoms with Gasteiger partial charge in [0.05, 0.1) is 17.7 Å². The highest BCUT2D eigenvalue weighted by molar-refractivity contribution is 5.90. The van der Waals surface area contributed by atoms with Gasteiger partial charge in [-0.3, -0.25) is 4.79 Å². The average molecular weight is 294 g/mol. The second-order valence-corrected chi connectivity index (χ2v) is 6.48. The summed E-state index contributed by atoms with van der Waals surface area (Å²) < 4.78 is 11.0. The first kappa shape index (κ1) is 14.5. The average Bonchev–Trinajstić information content (AvgIpc) is 3.06. The van der Waals surface area contributed by atoms with Gasteiger partial charge in [0.15, 0.2) is 0 Å². The molecule has 3 heterocycles. The molecule has 7 nitrogen and oxygen atoms in total. The molecule has 0 aromatic carbocycles. The summed E-state index contributed by atoms with van der Waals surface area (Å²) in [6.07, 6.45) is 2.06. The molecule has 116 valence electrons. The third kappa shape index (κ3) is 3.08. The van der Waals surface area contributed by atoms with Crippen molar-refractivity contribution in [1.82, 2.24) is 20.4 Å². The molecule has 0 spiro atoms. The van der Waals surface area contributed by atoms with E-state index in [1.807, 2.05) is 20.8 Å². The number of hydrogen-bond donors (Lipinski definition) is 1. The molecular formula is C14H22N4O3. The standard InChI is InChI=1S/C14H22N4O3/c1-9-7-18(8-14(2,3)20-9)13(19)11-16-12(21-17-11)10-5-4-6-15-10/h9-10,15H,4-8H2,1-3H3. The molecule has 21 heavy (non-hydrogen) atoms. The Morgan fingerprint density at radius 2 is 2.29 bits per heavy atom. The maximum Gasteiger partial charge on any atom is 0.295 e. The lowest BCUT2D eigenvalue weighted by molar-refractivity contribution is -0.119. The zero-order valence-electron chi connectivity index (χ0n) is 12.8. The predicted octanol–water partition coefficient (Wildman–Crippen LogP) is 1.13. The van der Waals surface area contributed by atoms with Gasteiger partial charge in [0, 0.05) is 13.1 Å². The first-order valence-electron chi connectivity index (χ1n) is 7.49. The molecule has 2 saturated heterocycles. The first-order chi connectivity index (χ1) is 9.94. The molecule has 0 radical (unpaired) electrons. The third-order valence-corrected chi connectivity index (χ3v) is 3.85. The van der Waals surface area contributed by atoms with Gasteiger partial charge in [-0.1, -0.05) is 5.16 Å². The molecule has 7 heteroatoms. The molecule has 2 aliphatic rings. The second-order valence-electron chi connectivity index (χ2n) is 6.48. The first-order valence-corrected chi connectivity index (χ1v) is 7.49. The number of nitrogens with one attached hydrogen (secondary N) is 1. The van der Waals surface area contributed by atoms with Crippen LogP contribution in [0.15, 0.2) is 4.52 Å². The van der Waals surface area contributed by atoms with E-state index in [0.717, 1.165) is 19.4 Å². The van der Waals surface area contributed by atoms with Gasteiger partial charge in [0.1, 0.15) is 0 Å². The minimum absolute atomic E-state index is 0.000528. The summed E-state index contributed by atoms with van der Waals surface area (Å²) in [5, 5.41) is 7.13. The topological polar surface area (TPSA) is 80.5 Å². The van der Waals surface area contributed by atoms with Gasteiger partial charge in [-0.25, -0.2) is 0 Å². The maximum absolute atomic E-state index is 12.5. The van der Waals surface area contributed by atoms with E-state index in [9.17, 15) is 4.79 Å². The van der Waals surface area contributed by atoms with Crippen LogP contribution < -0.4 is 5.32 Å². The molecule has 0 aliphatic carbocycles. The summed E-state index contributed by atoms with van der Waals surface area (Å²) in [7, 11) is 0. The highest BCUT2D eigenvalue weighted by Gasteiger charge is 2.36. The normalized spacial score (nSPS) is 28.8. The summed E-state index contributed by atoms with van der Waals surface area (Å²) in [5.41, 5.74) is -0.354. The molecule has 0 bridgehead atoms. The van der Waals surface area contributed by atoms with Crippen molar-refractivity contribution in [2.45, 2.75) is 51.4 Å². The number of amides is 1. The van der Waals surface area contributed by atoms with Crippen molar-refractivity contribution < 1.29 is 14.1 Å². The minimum atomic E-state index is -0.354. The van der Waals surface area contributed by atoms with Crippen LogP contribution in [0.4, 0.5) is 0 Å². The third-order valence-electron chi connectivity index (χ3n) is 3.85. The van der Waals surface area contributed by atoms with Crippen LogP contribution in [0, 0.1) is 0 Å². The van der Waals surface area contributed by atoms with Crippen molar-refractivity contribution in [2.24, 2.45) is 0 Å². The molecular weight excluding hydrogens is 272 g/mol. The number of carbonyl (C=O) groups is 1. The van der Waals surface area contributed by atoms with E-state index in [0.29, 0.717) is 19.0 Å². The van der Waals surface area contributed by atoms with Gasteiger partial charge in [-0.05, 0) is 40.2 Å². The number of ether oxygens (including phenoxy) is 1. The fourth-order valence-electron chi connectivity index (χ4n) is 3.11. The summed E-state index contributed by atoms with van der Waals surface area (Å²) in [6.45, 7) is 7.95. The van der Waals surface area contributed by atoms with Gasteiger partial charge in [-0.15, -0.1) is 0 Å². The van der Waals surface area contributed by atoms with Crippen LogP contribution in [0.25, 0.3) is 0 Å². The van der Waals surface area contributed by atoms with Gasteiger partial charge < -0.3 is 19.5 Å². The van der Waals surface area contributed by atoms with Crippen molar-refractivity contribution in [3.8, 4) is 0 Å². The monoisotopic (exact) mass is 294 g/mol. The Labute approximate surface area is 124 Å². The lowest BCUT2D eigenvalue weighted by Crippen LogP contribution is -2.54. The number of hydrogen-bond acceptors (Lipinski definition) is 6. The second kappa shape index (κ2) is 5.38. The van der Waals surface area contributed by atoms with E-state index >= 15 is 0 Å². The molecule has 3 rings (SSSR count). The van der Waals surface area contributed by atoms with E-state index in [-0.39, 0.29) is 29.5 Å². The van der Waals surface area contributed by atoms with Gasteiger partial charge >= 0.3 is 0 Å². The Morgan fingerprint density at radius 3 is 2.95 bits per heavy atom. The molecule has 1 aromatic rings. The summed E-state index contributed by atoms with van der Waals surface area (Å²) >= 11 is 0. The van der Waals surface area contributed by atoms with E-state index in [4.69, 9.17) is 9.26 Å². The Hall–Kier alpha value is -1.47. The molecule has 2 fully saturated rings. The number of rotatable bonds is 2. The largest absolute Gasteiger partial charge is 0.369 e. The van der Waals surface area contributed by atoms with Crippen LogP contribution in [0.2, 0.25) is 0 Å². The van der Waals surface area contributed by atoms with E-state index in [1.54, 1.807) is 4.90 Å². The van der Waals surface area contributed by atoms with Crippen molar-refractivity contribution in [3.63, 3.8) is 0 Å². The molecule has 1 aromatic heterocycles. The van der Waals surface area contributed by atoms with Crippen molar-refractivity contribution in [3.05, 3.63) is 11.7 Å². The van der Waals surface area contributed by atoms with Crippen molar-refractivity contribution in [1.29, 1.82) is 0 Å². The Bertz CT molecular complexity index is 522. The van der Waals surface area contributed by atoms with E-state index < -0.39 is 0 Å². The highest BCUT2D eigenvalue weighted by atomic mass is 16.5. The van der Waals surface area contributed by atoms with Crippen LogP contribution in [-0.2, 0) is 4.74 Å². The Kier molecular flexibility index (Phi) is 3.71. The van der Waals surface area contributed by atoms with Crippen LogP contribution in [-0.4, -0.2) is 52.3 Å². The fourth-order valence-corrected chi connectivity index (χ4v) is 3.11. The molecule has 2 atom stereocenters. The quantitative estimate of drug-likeness (QED) is 0.881. The maximum atomic E-state index is 12.5. The smallest absolute Gasteiger partial charge is 0.295 e. The summed E-state index contributed by atoms with van der Waals surface area (Å²) in [6, 6.07) is 0.0825. The molecule has 0 saturated carbocycles. The Morgan fingerprint density at radius 1 is 1.48 bits per heavy atom. The summed E-state index contributed by atoms with van der Waals surface area (Å²) in [5.74, 6) is 0.464. The van der Waals surface area contributed by atoms with Gasteiger partial charge in [0.25, 0.3) is 11.7 Å². The Balaban J connectivity index is 1.72. The molecule has 1 N–H and O–H groups in total. The van der Waals surface area contributed by atoms with E-state index in [2.05, 4.69) is 15.5 Å². The molecule has 2 unspecified atom stereocenters. The molecule has 2 aliphatic heterocycles. The minimum Gasteiger partial charge on any atom is -0.369 e. The SMILES string of the molecule is CC1CN(C(=O)c2noc(C3CCCN3)n2)CC(C)(C)O1. The van der Waals surface area contributed by atoms with Crippen molar-refractivity contribution >= 4 is 5.91 Å². The number of carbonyl (C=O) groups excluding carboxylic acids is 1. The van der Waals surface area contributed by atoms with Gasteiger partial charge in [0.2, 0.25) is 5.89 Å². The predicted molar refractivity (Wildman–Crippen MR) is 74.8 cm³/mol. The number of morpholine rings is 1. The van der Waals surface area contributed by atoms with Crippen LogP contribution in [0.1, 0.15) is 56.2 Å².